The van der Waals surface area contributed by atoms with E-state index in [1.54, 1.807) is 19.1 Å². The smallest absolute Gasteiger partial charge is 0.407 e. The Hall–Kier alpha value is -2.77. The molecule has 0 saturated carbocycles. The van der Waals surface area contributed by atoms with Crippen LogP contribution in [0.5, 0.6) is 0 Å². The summed E-state index contributed by atoms with van der Waals surface area (Å²) < 4.78 is 5.08. The molecule has 0 aliphatic rings. The molecule has 1 amide bonds. The van der Waals surface area contributed by atoms with Gasteiger partial charge in [-0.15, -0.1) is 0 Å². The van der Waals surface area contributed by atoms with E-state index in [9.17, 15) is 15.0 Å². The number of aliphatic hydroxyl groups excluding tert-OH is 2. The first kappa shape index (κ1) is 19.6. The van der Waals surface area contributed by atoms with Crippen molar-refractivity contribution in [3.05, 3.63) is 59.2 Å². The number of hydrogen-bond donors (Lipinski definition) is 5. The van der Waals surface area contributed by atoms with Crippen LogP contribution < -0.4 is 16.8 Å². The zero-order valence-electron chi connectivity index (χ0n) is 14.7. The number of carbonyl (C=O) groups is 1. The summed E-state index contributed by atoms with van der Waals surface area (Å²) >= 11 is 0. The lowest BCUT2D eigenvalue weighted by Gasteiger charge is -2.21. The van der Waals surface area contributed by atoms with Crippen molar-refractivity contribution in [2.75, 3.05) is 18.0 Å². The van der Waals surface area contributed by atoms with Gasteiger partial charge in [0.05, 0.1) is 17.5 Å². The molecule has 26 heavy (non-hydrogen) atoms. The number of ether oxygens (including phenoxy) is 1. The average molecular weight is 359 g/mol. The van der Waals surface area contributed by atoms with Crippen molar-refractivity contribution in [2.45, 2.75) is 32.2 Å². The van der Waals surface area contributed by atoms with E-state index in [1.807, 2.05) is 30.3 Å². The highest BCUT2D eigenvalue weighted by Crippen LogP contribution is 2.28. The van der Waals surface area contributed by atoms with Gasteiger partial charge in [-0.3, -0.25) is 0 Å². The van der Waals surface area contributed by atoms with Crippen LogP contribution in [0.25, 0.3) is 0 Å². The van der Waals surface area contributed by atoms with Crippen molar-refractivity contribution < 1.29 is 19.7 Å². The van der Waals surface area contributed by atoms with Crippen LogP contribution in [-0.2, 0) is 11.3 Å². The number of benzene rings is 2. The summed E-state index contributed by atoms with van der Waals surface area (Å²) in [6, 6.07) is 12.5. The van der Waals surface area contributed by atoms with Crippen LogP contribution in [0, 0.1) is 6.92 Å². The number of nitrogens with two attached hydrogens (primary N) is 2. The third-order valence-electron chi connectivity index (χ3n) is 4.08. The van der Waals surface area contributed by atoms with Crippen LogP contribution in [0.2, 0.25) is 0 Å². The van der Waals surface area contributed by atoms with E-state index in [-0.39, 0.29) is 19.6 Å². The second-order valence-corrected chi connectivity index (χ2v) is 6.13. The summed E-state index contributed by atoms with van der Waals surface area (Å²) in [6.07, 6.45) is -2.61. The second kappa shape index (κ2) is 9.07. The first-order valence-electron chi connectivity index (χ1n) is 8.34. The Morgan fingerprint density at radius 1 is 1.15 bits per heavy atom. The molecular weight excluding hydrogens is 334 g/mol. The highest BCUT2D eigenvalue weighted by Gasteiger charge is 2.21. The van der Waals surface area contributed by atoms with E-state index in [0.717, 1.165) is 11.1 Å². The summed E-state index contributed by atoms with van der Waals surface area (Å²) in [7, 11) is 0. The summed E-state index contributed by atoms with van der Waals surface area (Å²) in [5, 5.41) is 23.0. The highest BCUT2D eigenvalue weighted by atomic mass is 16.5. The molecule has 0 bridgehead atoms. The monoisotopic (exact) mass is 359 g/mol. The largest absolute Gasteiger partial charge is 0.445 e. The van der Waals surface area contributed by atoms with Gasteiger partial charge in [0.25, 0.3) is 0 Å². The Kier molecular flexibility index (Phi) is 6.82. The van der Waals surface area contributed by atoms with Crippen LogP contribution in [0.4, 0.5) is 16.2 Å². The molecule has 2 aromatic rings. The topological polar surface area (TPSA) is 131 Å². The molecule has 140 valence electrons. The van der Waals surface area contributed by atoms with Gasteiger partial charge in [0.1, 0.15) is 12.7 Å². The number of rotatable bonds is 7. The standard InChI is InChI=1S/C19H25N3O4/c1-12-9-15(20)16(21)10-14(12)18(24)17(23)7-8-22-19(25)26-11-13-5-3-2-4-6-13/h2-6,9-10,17-18,23-24H,7-8,11,20-21H2,1H3,(H,22,25). The predicted octanol–water partition coefficient (Wildman–Crippen LogP) is 1.87. The number of alkyl carbamates (subject to hydrolysis) is 1. The minimum Gasteiger partial charge on any atom is -0.445 e. The molecule has 0 saturated heterocycles. The molecule has 2 unspecified atom stereocenters. The number of aryl methyl sites for hydroxylation is 1. The van der Waals surface area contributed by atoms with Crippen LogP contribution in [0.3, 0.4) is 0 Å². The fraction of sp³-hybridized carbons (Fsp3) is 0.316. The molecule has 0 aliphatic heterocycles. The third-order valence-corrected chi connectivity index (χ3v) is 4.08. The highest BCUT2D eigenvalue weighted by molar-refractivity contribution is 5.67. The van der Waals surface area contributed by atoms with Crippen molar-refractivity contribution in [2.24, 2.45) is 0 Å². The van der Waals surface area contributed by atoms with Crippen molar-refractivity contribution in [1.29, 1.82) is 0 Å². The van der Waals surface area contributed by atoms with Gasteiger partial charge in [-0.25, -0.2) is 4.79 Å². The summed E-state index contributed by atoms with van der Waals surface area (Å²) in [5.74, 6) is 0. The van der Waals surface area contributed by atoms with Gasteiger partial charge in [-0.05, 0) is 42.2 Å². The van der Waals surface area contributed by atoms with E-state index in [2.05, 4.69) is 5.32 Å². The summed E-state index contributed by atoms with van der Waals surface area (Å²) in [6.45, 7) is 2.11. The molecule has 7 heteroatoms. The van der Waals surface area contributed by atoms with Gasteiger partial charge < -0.3 is 31.7 Å². The summed E-state index contributed by atoms with van der Waals surface area (Å²) in [5.41, 5.74) is 14.4. The van der Waals surface area contributed by atoms with Crippen LogP contribution in [0.1, 0.15) is 29.2 Å². The van der Waals surface area contributed by atoms with Gasteiger partial charge in [0.2, 0.25) is 0 Å². The lowest BCUT2D eigenvalue weighted by atomic mass is 9.96. The summed E-state index contributed by atoms with van der Waals surface area (Å²) in [4.78, 5) is 11.7. The van der Waals surface area contributed by atoms with E-state index in [4.69, 9.17) is 16.2 Å². The van der Waals surface area contributed by atoms with Crippen LogP contribution in [-0.4, -0.2) is 29.0 Å². The Morgan fingerprint density at radius 2 is 1.81 bits per heavy atom. The first-order valence-corrected chi connectivity index (χ1v) is 8.34. The van der Waals surface area contributed by atoms with E-state index >= 15 is 0 Å². The number of anilines is 2. The van der Waals surface area contributed by atoms with Crippen LogP contribution in [0.15, 0.2) is 42.5 Å². The molecular formula is C19H25N3O4. The van der Waals surface area contributed by atoms with Crippen molar-refractivity contribution in [1.82, 2.24) is 5.32 Å². The predicted molar refractivity (Wildman–Crippen MR) is 100 cm³/mol. The molecule has 0 aromatic heterocycles. The fourth-order valence-corrected chi connectivity index (χ4v) is 2.54. The van der Waals surface area contributed by atoms with E-state index in [1.165, 1.54) is 0 Å². The number of nitrogen functional groups attached to an aromatic ring is 2. The maximum absolute atomic E-state index is 11.7. The molecule has 0 aliphatic carbocycles. The number of amides is 1. The van der Waals surface area contributed by atoms with Gasteiger partial charge in [-0.2, -0.15) is 0 Å². The molecule has 7 N–H and O–H groups in total. The average Bonchev–Trinajstić information content (AvgIpc) is 2.63. The fourth-order valence-electron chi connectivity index (χ4n) is 2.54. The van der Waals surface area contributed by atoms with Crippen LogP contribution >= 0.6 is 0 Å². The molecule has 7 nitrogen and oxygen atoms in total. The Balaban J connectivity index is 1.78. The van der Waals surface area contributed by atoms with Crippen molar-refractivity contribution >= 4 is 17.5 Å². The molecule has 0 spiro atoms. The van der Waals surface area contributed by atoms with Gasteiger partial charge in [0, 0.05) is 6.54 Å². The number of carbonyl (C=O) groups excluding carboxylic acids is 1. The molecule has 0 heterocycles. The van der Waals surface area contributed by atoms with Crippen molar-refractivity contribution in [3.8, 4) is 0 Å². The maximum atomic E-state index is 11.7. The Labute approximate surface area is 152 Å². The van der Waals surface area contributed by atoms with Gasteiger partial charge in [0.15, 0.2) is 0 Å². The molecule has 2 aromatic carbocycles. The van der Waals surface area contributed by atoms with Crippen molar-refractivity contribution in [3.63, 3.8) is 0 Å². The number of aliphatic hydroxyl groups is 2. The molecule has 0 radical (unpaired) electrons. The maximum Gasteiger partial charge on any atom is 0.407 e. The minimum atomic E-state index is -1.12. The zero-order valence-corrected chi connectivity index (χ0v) is 14.7. The van der Waals surface area contributed by atoms with Gasteiger partial charge >= 0.3 is 6.09 Å². The zero-order chi connectivity index (χ0) is 19.1. The first-order chi connectivity index (χ1) is 12.4. The third kappa shape index (κ3) is 5.37. The normalized spacial score (nSPS) is 13.0. The SMILES string of the molecule is Cc1cc(N)c(N)cc1C(O)C(O)CCNC(=O)OCc1ccccc1. The van der Waals surface area contributed by atoms with E-state index in [0.29, 0.717) is 16.9 Å². The quantitative estimate of drug-likeness (QED) is 0.480. The number of nitrogens with one attached hydrogen (secondary N) is 1. The van der Waals surface area contributed by atoms with Gasteiger partial charge in [-0.1, -0.05) is 30.3 Å². The lowest BCUT2D eigenvalue weighted by molar-refractivity contribution is 0.0133. The Bertz CT molecular complexity index is 737. The second-order valence-electron chi connectivity index (χ2n) is 6.13. The molecule has 2 rings (SSSR count). The minimum absolute atomic E-state index is 0.158. The Morgan fingerprint density at radius 3 is 2.50 bits per heavy atom. The number of hydrogen-bond acceptors (Lipinski definition) is 6. The molecule has 2 atom stereocenters. The van der Waals surface area contributed by atoms with E-state index < -0.39 is 18.3 Å². The molecule has 0 fully saturated rings. The lowest BCUT2D eigenvalue weighted by Crippen LogP contribution is -2.30.